The molecule has 2 heterocycles. The maximum atomic E-state index is 10.6. The number of hydrogen-bond donors (Lipinski definition) is 1. The molecule has 6 heteroatoms. The first-order valence-corrected chi connectivity index (χ1v) is 5.44. The van der Waals surface area contributed by atoms with Crippen molar-refractivity contribution in [3.05, 3.63) is 34.5 Å². The van der Waals surface area contributed by atoms with Crippen molar-refractivity contribution in [2.24, 2.45) is 7.05 Å². The molecule has 0 bridgehead atoms. The van der Waals surface area contributed by atoms with Gasteiger partial charge < -0.3 is 14.4 Å². The van der Waals surface area contributed by atoms with Gasteiger partial charge in [-0.25, -0.2) is 9.78 Å². The number of carbonyl (C=O) groups is 1. The number of aromatic nitrogens is 2. The molecule has 0 spiro atoms. The van der Waals surface area contributed by atoms with Gasteiger partial charge in [-0.2, -0.15) is 0 Å². The van der Waals surface area contributed by atoms with Crippen LogP contribution in [0.1, 0.15) is 15.4 Å². The van der Waals surface area contributed by atoms with E-state index in [9.17, 15) is 4.79 Å². The lowest BCUT2D eigenvalue weighted by molar-refractivity contribution is 0.0702. The van der Waals surface area contributed by atoms with Crippen molar-refractivity contribution in [3.63, 3.8) is 0 Å². The number of aromatic carboxylic acids is 1. The maximum Gasteiger partial charge on any atom is 0.346 e. The summed E-state index contributed by atoms with van der Waals surface area (Å²) in [6.07, 6.45) is 3.40. The normalized spacial score (nSPS) is 10.3. The lowest BCUT2D eigenvalue weighted by Crippen LogP contribution is -2.00. The van der Waals surface area contributed by atoms with Crippen LogP contribution >= 0.6 is 11.3 Å². The molecule has 0 fully saturated rings. The summed E-state index contributed by atoms with van der Waals surface area (Å²) in [5.41, 5.74) is 0.933. The van der Waals surface area contributed by atoms with Crippen LogP contribution in [-0.4, -0.2) is 20.6 Å². The number of nitrogens with zero attached hydrogens (tertiary/aromatic N) is 2. The Labute approximate surface area is 95.9 Å². The Kier molecular flexibility index (Phi) is 2.91. The first-order valence-electron chi connectivity index (χ1n) is 4.56. The fraction of sp³-hybridized carbons (Fsp3) is 0.200. The minimum Gasteiger partial charge on any atom is -0.486 e. The molecule has 2 aromatic rings. The van der Waals surface area contributed by atoms with Gasteiger partial charge in [-0.3, -0.25) is 0 Å². The molecule has 0 saturated heterocycles. The Morgan fingerprint density at radius 1 is 1.69 bits per heavy atom. The molecule has 0 saturated carbocycles. The van der Waals surface area contributed by atoms with E-state index in [1.807, 2.05) is 11.6 Å². The van der Waals surface area contributed by atoms with Crippen LogP contribution in [0.5, 0.6) is 5.75 Å². The first kappa shape index (κ1) is 10.7. The van der Waals surface area contributed by atoms with Crippen LogP contribution in [0.4, 0.5) is 0 Å². The van der Waals surface area contributed by atoms with E-state index >= 15 is 0 Å². The Bertz CT molecular complexity index is 504. The summed E-state index contributed by atoms with van der Waals surface area (Å²) in [6.45, 7) is 0.381. The van der Waals surface area contributed by atoms with Crippen LogP contribution in [0.25, 0.3) is 0 Å². The number of hydrogen-bond acceptors (Lipinski definition) is 4. The molecule has 1 N–H and O–H groups in total. The molecule has 0 aliphatic carbocycles. The first-order chi connectivity index (χ1) is 7.66. The number of carboxylic acid groups (broad SMARTS) is 1. The van der Waals surface area contributed by atoms with Crippen LogP contribution in [0.2, 0.25) is 0 Å². The molecule has 0 unspecified atom stereocenters. The van der Waals surface area contributed by atoms with Gasteiger partial charge in [0.1, 0.15) is 17.2 Å². The van der Waals surface area contributed by atoms with Crippen molar-refractivity contribution in [2.75, 3.05) is 0 Å². The summed E-state index contributed by atoms with van der Waals surface area (Å²) >= 11 is 1.15. The third-order valence-corrected chi connectivity index (χ3v) is 2.99. The third-order valence-electron chi connectivity index (χ3n) is 2.09. The lowest BCUT2D eigenvalue weighted by atomic mass is 10.4. The SMILES string of the molecule is Cn1cncc1COc1csc(C(=O)O)c1. The maximum absolute atomic E-state index is 10.6. The molecule has 2 rings (SSSR count). The summed E-state index contributed by atoms with van der Waals surface area (Å²) in [4.78, 5) is 14.9. The Hall–Kier alpha value is -1.82. The highest BCUT2D eigenvalue weighted by Crippen LogP contribution is 2.22. The van der Waals surface area contributed by atoms with Crippen LogP contribution < -0.4 is 4.74 Å². The number of ether oxygens (including phenoxy) is 1. The molecule has 5 nitrogen and oxygen atoms in total. The molecule has 16 heavy (non-hydrogen) atoms. The van der Waals surface area contributed by atoms with E-state index < -0.39 is 5.97 Å². The number of carboxylic acids is 1. The van der Waals surface area contributed by atoms with E-state index in [0.29, 0.717) is 12.4 Å². The number of thiophene rings is 1. The van der Waals surface area contributed by atoms with Crippen molar-refractivity contribution in [1.29, 1.82) is 0 Å². The number of imidazole rings is 1. The van der Waals surface area contributed by atoms with E-state index in [4.69, 9.17) is 9.84 Å². The Morgan fingerprint density at radius 3 is 3.06 bits per heavy atom. The van der Waals surface area contributed by atoms with Gasteiger partial charge in [-0.05, 0) is 0 Å². The molecule has 0 aliphatic rings. The van der Waals surface area contributed by atoms with E-state index in [-0.39, 0.29) is 4.88 Å². The zero-order chi connectivity index (χ0) is 11.5. The number of aryl methyl sites for hydroxylation is 1. The lowest BCUT2D eigenvalue weighted by Gasteiger charge is -2.03. The van der Waals surface area contributed by atoms with Gasteiger partial charge in [-0.15, -0.1) is 11.3 Å². The standard InChI is InChI=1S/C10H10N2O3S/c1-12-6-11-3-7(12)4-15-8-2-9(10(13)14)16-5-8/h2-3,5-6H,4H2,1H3,(H,13,14). The largest absolute Gasteiger partial charge is 0.486 e. The second kappa shape index (κ2) is 4.36. The van der Waals surface area contributed by atoms with Gasteiger partial charge >= 0.3 is 5.97 Å². The summed E-state index contributed by atoms with van der Waals surface area (Å²) in [5.74, 6) is -0.357. The smallest absolute Gasteiger partial charge is 0.346 e. The minimum absolute atomic E-state index is 0.278. The van der Waals surface area contributed by atoms with Crippen LogP contribution in [0.15, 0.2) is 24.0 Å². The average Bonchev–Trinajstić information content (AvgIpc) is 2.83. The molecule has 0 amide bonds. The average molecular weight is 238 g/mol. The highest BCUT2D eigenvalue weighted by Gasteiger charge is 2.08. The van der Waals surface area contributed by atoms with Gasteiger partial charge in [0.2, 0.25) is 0 Å². The topological polar surface area (TPSA) is 64.4 Å². The quantitative estimate of drug-likeness (QED) is 0.881. The molecule has 0 aromatic carbocycles. The Morgan fingerprint density at radius 2 is 2.50 bits per heavy atom. The molecule has 0 radical (unpaired) electrons. The van der Waals surface area contributed by atoms with Gasteiger partial charge in [-0.1, -0.05) is 0 Å². The van der Waals surface area contributed by atoms with Gasteiger partial charge in [0.05, 0.1) is 18.2 Å². The summed E-state index contributed by atoms with van der Waals surface area (Å²) in [5, 5.41) is 10.4. The fourth-order valence-electron chi connectivity index (χ4n) is 1.19. The van der Waals surface area contributed by atoms with Crippen molar-refractivity contribution in [1.82, 2.24) is 9.55 Å². The molecule has 0 atom stereocenters. The molecule has 0 aliphatic heterocycles. The predicted octanol–water partition coefficient (Wildman–Crippen LogP) is 1.76. The van der Waals surface area contributed by atoms with E-state index in [2.05, 4.69) is 4.98 Å². The van der Waals surface area contributed by atoms with Crippen molar-refractivity contribution >= 4 is 17.3 Å². The monoisotopic (exact) mass is 238 g/mol. The second-order valence-electron chi connectivity index (χ2n) is 3.24. The molecule has 2 aromatic heterocycles. The number of rotatable bonds is 4. The fourth-order valence-corrected chi connectivity index (χ4v) is 1.85. The highest BCUT2D eigenvalue weighted by atomic mass is 32.1. The van der Waals surface area contributed by atoms with Crippen molar-refractivity contribution in [2.45, 2.75) is 6.61 Å². The van der Waals surface area contributed by atoms with Crippen molar-refractivity contribution < 1.29 is 14.6 Å². The molecule has 84 valence electrons. The zero-order valence-electron chi connectivity index (χ0n) is 8.58. The summed E-state index contributed by atoms with van der Waals surface area (Å²) < 4.78 is 7.30. The van der Waals surface area contributed by atoms with Gasteiger partial charge in [0, 0.05) is 18.5 Å². The minimum atomic E-state index is -0.930. The summed E-state index contributed by atoms with van der Waals surface area (Å²) in [7, 11) is 1.88. The van der Waals surface area contributed by atoms with E-state index in [0.717, 1.165) is 17.0 Å². The van der Waals surface area contributed by atoms with Crippen LogP contribution in [-0.2, 0) is 13.7 Å². The predicted molar refractivity (Wildman–Crippen MR) is 58.8 cm³/mol. The highest BCUT2D eigenvalue weighted by molar-refractivity contribution is 7.12. The van der Waals surface area contributed by atoms with E-state index in [1.165, 1.54) is 6.07 Å². The van der Waals surface area contributed by atoms with Crippen LogP contribution in [0.3, 0.4) is 0 Å². The van der Waals surface area contributed by atoms with Gasteiger partial charge in [0.15, 0.2) is 0 Å². The second-order valence-corrected chi connectivity index (χ2v) is 4.15. The zero-order valence-corrected chi connectivity index (χ0v) is 9.40. The molecular formula is C10H10N2O3S. The Balaban J connectivity index is 2.00. The summed E-state index contributed by atoms with van der Waals surface area (Å²) in [6, 6.07) is 1.52. The van der Waals surface area contributed by atoms with Crippen molar-refractivity contribution in [3.8, 4) is 5.75 Å². The third kappa shape index (κ3) is 2.22. The van der Waals surface area contributed by atoms with E-state index in [1.54, 1.807) is 17.9 Å². The van der Waals surface area contributed by atoms with Gasteiger partial charge in [0.25, 0.3) is 0 Å². The molecular weight excluding hydrogens is 228 g/mol. The van der Waals surface area contributed by atoms with Crippen LogP contribution in [0, 0.1) is 0 Å².